The fraction of sp³-hybridized carbons (Fsp3) is 0.400. The fourth-order valence-electron chi connectivity index (χ4n) is 6.07. The van der Waals surface area contributed by atoms with E-state index in [1.54, 1.807) is 55.7 Å². The number of alkyl halides is 2. The van der Waals surface area contributed by atoms with E-state index < -0.39 is 6.43 Å². The van der Waals surface area contributed by atoms with Gasteiger partial charge in [-0.05, 0) is 49.1 Å². The number of fused-ring (bicyclic) bond motifs is 2. The molecule has 5 heterocycles. The molecule has 0 atom stereocenters. The summed E-state index contributed by atoms with van der Waals surface area (Å²) in [6.07, 6.45) is 2.28. The molecule has 214 valence electrons. The van der Waals surface area contributed by atoms with Crippen molar-refractivity contribution in [2.45, 2.75) is 33.1 Å². The zero-order valence-corrected chi connectivity index (χ0v) is 23.7. The average Bonchev–Trinajstić information content (AvgIpc) is 3.40. The number of hydrogen-bond acceptors (Lipinski definition) is 6. The molecule has 9 nitrogen and oxygen atoms in total. The van der Waals surface area contributed by atoms with Gasteiger partial charge in [0.25, 0.3) is 12.0 Å². The molecule has 0 spiro atoms. The number of rotatable bonds is 4. The summed E-state index contributed by atoms with van der Waals surface area (Å²) in [7, 11) is 3.52. The molecule has 1 amide bonds. The quantitative estimate of drug-likeness (QED) is 0.369. The number of amides is 1. The van der Waals surface area contributed by atoms with E-state index in [0.29, 0.717) is 60.9 Å². The van der Waals surface area contributed by atoms with Crippen LogP contribution in [0.4, 0.5) is 26.1 Å². The van der Waals surface area contributed by atoms with Crippen LogP contribution >= 0.6 is 0 Å². The van der Waals surface area contributed by atoms with Crippen molar-refractivity contribution >= 4 is 34.1 Å². The zero-order valence-electron chi connectivity index (χ0n) is 23.7. The minimum atomic E-state index is -2.67. The number of hydrogen-bond donors (Lipinski definition) is 0. The molecule has 1 saturated heterocycles. The molecule has 1 aromatic carbocycles. The number of halogens is 2. The molecule has 11 heteroatoms. The summed E-state index contributed by atoms with van der Waals surface area (Å²) in [6, 6.07) is 7.22. The Hall–Kier alpha value is -4.28. The first kappa shape index (κ1) is 26.9. The van der Waals surface area contributed by atoms with Crippen LogP contribution in [0.3, 0.4) is 0 Å². The van der Waals surface area contributed by atoms with Gasteiger partial charge in [0.05, 0.1) is 11.7 Å². The van der Waals surface area contributed by atoms with Crippen LogP contribution in [-0.2, 0) is 25.3 Å². The second-order valence-electron chi connectivity index (χ2n) is 10.9. The van der Waals surface area contributed by atoms with E-state index in [2.05, 4.69) is 10.00 Å². The van der Waals surface area contributed by atoms with Crippen LogP contribution in [0.1, 0.15) is 36.5 Å². The number of aryl methyl sites for hydroxylation is 4. The highest BCUT2D eigenvalue weighted by Crippen LogP contribution is 2.42. The molecule has 0 radical (unpaired) electrons. The number of nitrogens with zero attached hydrogens (tertiary/aromatic N) is 7. The summed E-state index contributed by atoms with van der Waals surface area (Å²) in [4.78, 5) is 36.0. The van der Waals surface area contributed by atoms with Gasteiger partial charge in [-0.15, -0.1) is 0 Å². The molecule has 41 heavy (non-hydrogen) atoms. The Morgan fingerprint density at radius 1 is 1.02 bits per heavy atom. The van der Waals surface area contributed by atoms with Crippen molar-refractivity contribution in [2.24, 2.45) is 14.1 Å². The second kappa shape index (κ2) is 10.3. The number of benzene rings is 1. The SMILES string of the molecule is CC(=O)N1CCN(c2nc(N3CCCc4cc(-c5cnn(C)c5)c(C(F)F)cc43)cc3c2cc(C)c(=O)n3C)CC1. The summed E-state index contributed by atoms with van der Waals surface area (Å²) >= 11 is 0. The van der Waals surface area contributed by atoms with Crippen molar-refractivity contribution in [2.75, 3.05) is 42.5 Å². The highest BCUT2D eigenvalue weighted by Gasteiger charge is 2.28. The van der Waals surface area contributed by atoms with Crippen LogP contribution in [0, 0.1) is 6.92 Å². The molecule has 2 aliphatic rings. The van der Waals surface area contributed by atoms with Crippen molar-refractivity contribution in [3.05, 3.63) is 63.7 Å². The first-order chi connectivity index (χ1) is 19.6. The maximum atomic E-state index is 14.4. The third-order valence-electron chi connectivity index (χ3n) is 8.29. The maximum Gasteiger partial charge on any atom is 0.264 e. The summed E-state index contributed by atoms with van der Waals surface area (Å²) in [6.45, 7) is 6.34. The topological polar surface area (TPSA) is 79.5 Å². The summed E-state index contributed by atoms with van der Waals surface area (Å²) < 4.78 is 32.1. The Balaban J connectivity index is 1.50. The van der Waals surface area contributed by atoms with Crippen LogP contribution in [0.25, 0.3) is 22.0 Å². The molecule has 0 saturated carbocycles. The maximum absolute atomic E-state index is 14.4. The van der Waals surface area contributed by atoms with Crippen molar-refractivity contribution in [3.63, 3.8) is 0 Å². The molecule has 3 aromatic heterocycles. The van der Waals surface area contributed by atoms with E-state index in [1.165, 1.54) is 0 Å². The molecule has 0 bridgehead atoms. The van der Waals surface area contributed by atoms with Gasteiger partial charge in [0.1, 0.15) is 11.6 Å². The summed E-state index contributed by atoms with van der Waals surface area (Å²) in [5.74, 6) is 1.38. The van der Waals surface area contributed by atoms with Crippen molar-refractivity contribution in [1.29, 1.82) is 0 Å². The normalized spacial score (nSPS) is 15.6. The molecule has 0 aliphatic carbocycles. The second-order valence-corrected chi connectivity index (χ2v) is 10.9. The Bertz CT molecular complexity index is 1720. The largest absolute Gasteiger partial charge is 0.352 e. The van der Waals surface area contributed by atoms with Gasteiger partial charge in [0.2, 0.25) is 5.91 Å². The lowest BCUT2D eigenvalue weighted by molar-refractivity contribution is -0.129. The Morgan fingerprint density at radius 2 is 1.78 bits per heavy atom. The first-order valence-electron chi connectivity index (χ1n) is 13.9. The van der Waals surface area contributed by atoms with E-state index >= 15 is 0 Å². The number of carbonyl (C=O) groups excluding carboxylic acids is 1. The monoisotopic (exact) mass is 561 g/mol. The van der Waals surface area contributed by atoms with Crippen LogP contribution < -0.4 is 15.4 Å². The Kier molecular flexibility index (Phi) is 6.75. The molecule has 2 aliphatic heterocycles. The molecule has 0 unspecified atom stereocenters. The number of carbonyl (C=O) groups is 1. The van der Waals surface area contributed by atoms with E-state index in [0.717, 1.165) is 35.1 Å². The number of pyridine rings is 2. The minimum Gasteiger partial charge on any atom is -0.352 e. The van der Waals surface area contributed by atoms with Crippen LogP contribution in [-0.4, -0.2) is 62.9 Å². The predicted octanol–water partition coefficient (Wildman–Crippen LogP) is 4.33. The van der Waals surface area contributed by atoms with E-state index in [9.17, 15) is 18.4 Å². The molecular formula is C30H33F2N7O2. The summed E-state index contributed by atoms with van der Waals surface area (Å²) in [5, 5.41) is 5.03. The third kappa shape index (κ3) is 4.72. The predicted molar refractivity (Wildman–Crippen MR) is 155 cm³/mol. The van der Waals surface area contributed by atoms with Gasteiger partial charge in [-0.3, -0.25) is 14.3 Å². The number of aromatic nitrogens is 4. The van der Waals surface area contributed by atoms with Crippen LogP contribution in [0.15, 0.2) is 41.5 Å². The highest BCUT2D eigenvalue weighted by atomic mass is 19.3. The van der Waals surface area contributed by atoms with Gasteiger partial charge in [-0.1, -0.05) is 0 Å². The Morgan fingerprint density at radius 3 is 2.44 bits per heavy atom. The molecule has 4 aromatic rings. The van der Waals surface area contributed by atoms with Gasteiger partial charge in [0.15, 0.2) is 0 Å². The van der Waals surface area contributed by atoms with Gasteiger partial charge in [-0.2, -0.15) is 5.10 Å². The first-order valence-corrected chi connectivity index (χ1v) is 13.9. The van der Waals surface area contributed by atoms with Gasteiger partial charge in [0, 0.05) is 93.8 Å². The fourth-order valence-corrected chi connectivity index (χ4v) is 6.07. The molecular weight excluding hydrogens is 528 g/mol. The van der Waals surface area contributed by atoms with Gasteiger partial charge in [-0.25, -0.2) is 13.8 Å². The van der Waals surface area contributed by atoms with E-state index in [1.807, 2.05) is 28.0 Å². The van der Waals surface area contributed by atoms with Crippen molar-refractivity contribution < 1.29 is 13.6 Å². The smallest absolute Gasteiger partial charge is 0.264 e. The standard InChI is InChI=1S/C30H33F2N7O2/c1-18-12-24-26(36(4)30(18)41)15-27(34-29(24)38-10-8-37(9-11-38)19(2)40)39-7-5-6-20-13-22(21-16-33-35(3)17-21)23(28(31)32)14-25(20)39/h12-17,28H,5-11H2,1-4H3. The molecule has 0 N–H and O–H groups in total. The molecule has 6 rings (SSSR count). The Labute approximate surface area is 236 Å². The van der Waals surface area contributed by atoms with Gasteiger partial charge < -0.3 is 19.3 Å². The van der Waals surface area contributed by atoms with Crippen molar-refractivity contribution in [3.8, 4) is 11.1 Å². The lowest BCUT2D eigenvalue weighted by Gasteiger charge is -2.37. The molecule has 1 fully saturated rings. The number of piperazine rings is 1. The lowest BCUT2D eigenvalue weighted by atomic mass is 9.93. The van der Waals surface area contributed by atoms with Crippen molar-refractivity contribution in [1.82, 2.24) is 24.2 Å². The van der Waals surface area contributed by atoms with Crippen LogP contribution in [0.2, 0.25) is 0 Å². The van der Waals surface area contributed by atoms with E-state index in [4.69, 9.17) is 4.98 Å². The summed E-state index contributed by atoms with van der Waals surface area (Å²) in [5.41, 5.74) is 4.02. The van der Waals surface area contributed by atoms with E-state index in [-0.39, 0.29) is 17.0 Å². The minimum absolute atomic E-state index is 0.0415. The highest BCUT2D eigenvalue weighted by molar-refractivity contribution is 5.93. The number of anilines is 3. The zero-order chi connectivity index (χ0) is 29.0. The lowest BCUT2D eigenvalue weighted by Crippen LogP contribution is -2.48. The average molecular weight is 562 g/mol. The van der Waals surface area contributed by atoms with Gasteiger partial charge >= 0.3 is 0 Å². The van der Waals surface area contributed by atoms with Crippen LogP contribution in [0.5, 0.6) is 0 Å². The third-order valence-corrected chi connectivity index (χ3v) is 8.29.